The Balaban J connectivity index is 2.03. The van der Waals surface area contributed by atoms with Gasteiger partial charge >= 0.3 is 5.97 Å². The van der Waals surface area contributed by atoms with Crippen LogP contribution in [0.1, 0.15) is 19.3 Å². The quantitative estimate of drug-likeness (QED) is 0.851. The van der Waals surface area contributed by atoms with Gasteiger partial charge in [-0.05, 0) is 47.3 Å². The lowest BCUT2D eigenvalue weighted by molar-refractivity contribution is -0.142. The summed E-state index contributed by atoms with van der Waals surface area (Å²) >= 11 is 3.27. The van der Waals surface area contributed by atoms with Crippen molar-refractivity contribution in [2.24, 2.45) is 5.92 Å². The minimum atomic E-state index is -3.76. The third-order valence-electron chi connectivity index (χ3n) is 4.48. The molecule has 6 nitrogen and oxygen atoms in total. The van der Waals surface area contributed by atoms with E-state index < -0.39 is 28.0 Å². The standard InChI is InChI=1S/C14H16BrNO5S/c1-21-9-3-4-11(15)13(7-9)22(19,20)16-8-2-5-12(16)10(6-8)14(17)18/h3-4,7-8,10,12H,2,5-6H2,1H3,(H,17,18). The summed E-state index contributed by atoms with van der Waals surface area (Å²) in [6.45, 7) is 0. The number of sulfonamides is 1. The maximum Gasteiger partial charge on any atom is 0.308 e. The molecule has 2 heterocycles. The molecule has 2 fully saturated rings. The summed E-state index contributed by atoms with van der Waals surface area (Å²) in [5, 5.41) is 9.28. The molecule has 2 aliphatic rings. The Bertz CT molecular complexity index is 720. The van der Waals surface area contributed by atoms with Crippen molar-refractivity contribution in [3.05, 3.63) is 22.7 Å². The number of nitrogens with zero attached hydrogens (tertiary/aromatic N) is 1. The number of ether oxygens (including phenoxy) is 1. The van der Waals surface area contributed by atoms with Crippen LogP contribution < -0.4 is 4.74 Å². The molecule has 0 radical (unpaired) electrons. The molecule has 2 saturated heterocycles. The summed E-state index contributed by atoms with van der Waals surface area (Å²) in [5.74, 6) is -1.09. The van der Waals surface area contributed by atoms with Crippen LogP contribution in [0, 0.1) is 5.92 Å². The first-order valence-electron chi connectivity index (χ1n) is 6.96. The van der Waals surface area contributed by atoms with Crippen LogP contribution in [0.15, 0.2) is 27.6 Å². The molecule has 0 saturated carbocycles. The minimum absolute atomic E-state index is 0.120. The molecule has 3 rings (SSSR count). The fraction of sp³-hybridized carbons (Fsp3) is 0.500. The lowest BCUT2D eigenvalue weighted by Gasteiger charge is -2.23. The van der Waals surface area contributed by atoms with E-state index in [1.54, 1.807) is 12.1 Å². The summed E-state index contributed by atoms with van der Waals surface area (Å²) in [4.78, 5) is 11.4. The van der Waals surface area contributed by atoms with Gasteiger partial charge in [-0.1, -0.05) is 0 Å². The maximum absolute atomic E-state index is 13.0. The third kappa shape index (κ3) is 2.33. The van der Waals surface area contributed by atoms with E-state index in [2.05, 4.69) is 15.9 Å². The number of carbonyl (C=O) groups is 1. The van der Waals surface area contributed by atoms with Crippen LogP contribution >= 0.6 is 15.9 Å². The van der Waals surface area contributed by atoms with Gasteiger partial charge < -0.3 is 9.84 Å². The summed E-state index contributed by atoms with van der Waals surface area (Å²) < 4.78 is 32.9. The number of rotatable bonds is 4. The number of aliphatic carboxylic acids is 1. The molecule has 1 aromatic carbocycles. The van der Waals surface area contributed by atoms with E-state index in [-0.39, 0.29) is 10.9 Å². The van der Waals surface area contributed by atoms with Crippen molar-refractivity contribution in [1.29, 1.82) is 0 Å². The van der Waals surface area contributed by atoms with E-state index in [1.807, 2.05) is 0 Å². The van der Waals surface area contributed by atoms with E-state index in [0.29, 0.717) is 23.1 Å². The Kier molecular flexibility index (Phi) is 3.94. The highest BCUT2D eigenvalue weighted by Gasteiger charge is 2.54. The average molecular weight is 390 g/mol. The molecule has 0 aliphatic carbocycles. The smallest absolute Gasteiger partial charge is 0.308 e. The molecule has 0 aromatic heterocycles. The first-order chi connectivity index (χ1) is 10.4. The van der Waals surface area contributed by atoms with Crippen molar-refractivity contribution in [3.63, 3.8) is 0 Å². The van der Waals surface area contributed by atoms with Crippen LogP contribution in [0.5, 0.6) is 5.75 Å². The van der Waals surface area contributed by atoms with E-state index in [0.717, 1.165) is 6.42 Å². The van der Waals surface area contributed by atoms with E-state index in [1.165, 1.54) is 17.5 Å². The van der Waals surface area contributed by atoms with E-state index in [4.69, 9.17) is 4.74 Å². The minimum Gasteiger partial charge on any atom is -0.497 e. The van der Waals surface area contributed by atoms with Gasteiger partial charge in [0.15, 0.2) is 0 Å². The van der Waals surface area contributed by atoms with Crippen LogP contribution in [-0.4, -0.2) is 43.0 Å². The fourth-order valence-corrected chi connectivity index (χ4v) is 6.36. The van der Waals surface area contributed by atoms with Crippen LogP contribution in [-0.2, 0) is 14.8 Å². The van der Waals surface area contributed by atoms with Crippen LogP contribution in [0.25, 0.3) is 0 Å². The number of benzene rings is 1. The highest BCUT2D eigenvalue weighted by molar-refractivity contribution is 9.10. The van der Waals surface area contributed by atoms with E-state index in [9.17, 15) is 18.3 Å². The first-order valence-corrected chi connectivity index (χ1v) is 9.19. The monoisotopic (exact) mass is 389 g/mol. The van der Waals surface area contributed by atoms with Crippen molar-refractivity contribution < 1.29 is 23.1 Å². The number of methoxy groups -OCH3 is 1. The summed E-state index contributed by atoms with van der Waals surface area (Å²) in [6, 6.07) is 4.08. The maximum atomic E-state index is 13.0. The highest BCUT2D eigenvalue weighted by atomic mass is 79.9. The Morgan fingerprint density at radius 2 is 2.14 bits per heavy atom. The van der Waals surface area contributed by atoms with Gasteiger partial charge in [0.05, 0.1) is 13.0 Å². The first kappa shape index (κ1) is 15.8. The molecule has 1 N–H and O–H groups in total. The van der Waals surface area contributed by atoms with Crippen molar-refractivity contribution in [1.82, 2.24) is 4.31 Å². The largest absolute Gasteiger partial charge is 0.497 e. The average Bonchev–Trinajstić information content (AvgIpc) is 3.06. The molecular formula is C14H16BrNO5S. The zero-order valence-electron chi connectivity index (χ0n) is 11.9. The van der Waals surface area contributed by atoms with Crippen LogP contribution in [0.4, 0.5) is 0 Å². The molecule has 0 amide bonds. The number of fused-ring (bicyclic) bond motifs is 2. The molecule has 8 heteroatoms. The number of carboxylic acid groups (broad SMARTS) is 1. The zero-order valence-corrected chi connectivity index (χ0v) is 14.3. The molecule has 2 bridgehead atoms. The van der Waals surface area contributed by atoms with E-state index >= 15 is 0 Å². The van der Waals surface area contributed by atoms with Crippen LogP contribution in [0.2, 0.25) is 0 Å². The Hall–Kier alpha value is -1.12. The molecule has 0 spiro atoms. The van der Waals surface area contributed by atoms with Gasteiger partial charge in [0.25, 0.3) is 0 Å². The van der Waals surface area contributed by atoms with Gasteiger partial charge in [0.1, 0.15) is 10.6 Å². The summed E-state index contributed by atoms with van der Waals surface area (Å²) in [5.41, 5.74) is 0. The molecule has 22 heavy (non-hydrogen) atoms. The Morgan fingerprint density at radius 1 is 1.41 bits per heavy atom. The van der Waals surface area contributed by atoms with Crippen LogP contribution in [0.3, 0.4) is 0 Å². The second-order valence-corrected chi connectivity index (χ2v) is 8.28. The van der Waals surface area contributed by atoms with Gasteiger partial charge in [-0.2, -0.15) is 4.31 Å². The normalized spacial score (nSPS) is 28.0. The molecular weight excluding hydrogens is 374 g/mol. The van der Waals surface area contributed by atoms with Gasteiger partial charge in [-0.25, -0.2) is 8.42 Å². The topological polar surface area (TPSA) is 83.9 Å². The number of hydrogen-bond donors (Lipinski definition) is 1. The second kappa shape index (κ2) is 5.50. The van der Waals surface area contributed by atoms with Crippen molar-refractivity contribution in [2.45, 2.75) is 36.2 Å². The molecule has 120 valence electrons. The predicted molar refractivity (Wildman–Crippen MR) is 82.3 cm³/mol. The lowest BCUT2D eigenvalue weighted by Crippen LogP contribution is -2.38. The zero-order chi connectivity index (χ0) is 16.1. The Labute approximate surface area is 137 Å². The fourth-order valence-electron chi connectivity index (χ4n) is 3.50. The van der Waals surface area contributed by atoms with Gasteiger partial charge in [-0.15, -0.1) is 0 Å². The van der Waals surface area contributed by atoms with Gasteiger partial charge in [0, 0.05) is 22.6 Å². The SMILES string of the molecule is COc1ccc(Br)c(S(=O)(=O)N2C3CCC2C(C(=O)O)C3)c1. The lowest BCUT2D eigenvalue weighted by atomic mass is 9.89. The highest BCUT2D eigenvalue weighted by Crippen LogP contribution is 2.46. The summed E-state index contributed by atoms with van der Waals surface area (Å²) in [7, 11) is -2.29. The number of halogens is 1. The van der Waals surface area contributed by atoms with Crippen molar-refractivity contribution in [2.75, 3.05) is 7.11 Å². The summed E-state index contributed by atoms with van der Waals surface area (Å²) in [6.07, 6.45) is 1.71. The van der Waals surface area contributed by atoms with Gasteiger partial charge in [0.2, 0.25) is 10.0 Å². The van der Waals surface area contributed by atoms with Gasteiger partial charge in [-0.3, -0.25) is 4.79 Å². The molecule has 3 atom stereocenters. The van der Waals surface area contributed by atoms with Crippen molar-refractivity contribution in [3.8, 4) is 5.75 Å². The Morgan fingerprint density at radius 3 is 2.73 bits per heavy atom. The second-order valence-electron chi connectivity index (χ2n) is 5.61. The number of carboxylic acids is 1. The third-order valence-corrected chi connectivity index (χ3v) is 7.46. The number of hydrogen-bond acceptors (Lipinski definition) is 4. The molecule has 1 aromatic rings. The van der Waals surface area contributed by atoms with Crippen molar-refractivity contribution >= 4 is 31.9 Å². The molecule has 3 unspecified atom stereocenters. The predicted octanol–water partition coefficient (Wildman–Crippen LogP) is 2.08. The molecule has 2 aliphatic heterocycles.